The van der Waals surface area contributed by atoms with Gasteiger partial charge in [-0.1, -0.05) is 6.07 Å². The average Bonchev–Trinajstić information content (AvgIpc) is 2.89. The van der Waals surface area contributed by atoms with Gasteiger partial charge in [-0.3, -0.25) is 19.5 Å². The van der Waals surface area contributed by atoms with Crippen LogP contribution in [0.25, 0.3) is 11.3 Å². The van der Waals surface area contributed by atoms with Crippen LogP contribution in [0.4, 0.5) is 27.6 Å². The lowest BCUT2D eigenvalue weighted by atomic mass is 10.0. The van der Waals surface area contributed by atoms with Crippen LogP contribution >= 0.6 is 0 Å². The molecule has 1 aliphatic heterocycles. The van der Waals surface area contributed by atoms with Gasteiger partial charge in [0, 0.05) is 42.9 Å². The molecule has 2 aromatic carbocycles. The molecule has 1 amide bonds. The van der Waals surface area contributed by atoms with E-state index in [4.69, 9.17) is 4.74 Å². The van der Waals surface area contributed by atoms with Gasteiger partial charge in [-0.25, -0.2) is 8.78 Å². The van der Waals surface area contributed by atoms with Crippen LogP contribution in [-0.4, -0.2) is 60.3 Å². The first-order chi connectivity index (χ1) is 18.5. The van der Waals surface area contributed by atoms with E-state index < -0.39 is 41.5 Å². The van der Waals surface area contributed by atoms with Crippen molar-refractivity contribution in [3.05, 3.63) is 77.5 Å². The third-order valence-electron chi connectivity index (χ3n) is 6.11. The zero-order chi connectivity index (χ0) is 28.2. The van der Waals surface area contributed by atoms with Crippen LogP contribution in [0.5, 0.6) is 5.75 Å². The van der Waals surface area contributed by atoms with E-state index in [9.17, 15) is 31.5 Å². The van der Waals surface area contributed by atoms with Crippen LogP contribution in [-0.2, 0) is 16.0 Å². The van der Waals surface area contributed by atoms with Gasteiger partial charge in [-0.15, -0.1) is 13.2 Å². The number of morpholine rings is 1. The molecular weight excluding hydrogens is 525 g/mol. The smallest absolute Gasteiger partial charge is 0.404 e. The van der Waals surface area contributed by atoms with Gasteiger partial charge in [0.2, 0.25) is 5.91 Å². The molecular formula is C27H24F5N3O4. The number of carbonyl (C=O) groups is 2. The highest BCUT2D eigenvalue weighted by atomic mass is 19.4. The predicted octanol–water partition coefficient (Wildman–Crippen LogP) is 5.01. The summed E-state index contributed by atoms with van der Waals surface area (Å²) in [5.74, 6) is -3.11. The number of hydrogen-bond donors (Lipinski definition) is 1. The Balaban J connectivity index is 1.51. The second kappa shape index (κ2) is 11.9. The molecule has 2 heterocycles. The fraction of sp³-hybridized carbons (Fsp3) is 0.296. The first-order valence-electron chi connectivity index (χ1n) is 12.0. The number of nitrogens with zero attached hydrogens (tertiary/aromatic N) is 2. The number of Topliss-reactive ketones (excluding diaryl/α,β-unsaturated/α-hetero) is 1. The Hall–Kier alpha value is -3.90. The van der Waals surface area contributed by atoms with Gasteiger partial charge < -0.3 is 14.8 Å². The lowest BCUT2D eigenvalue weighted by Gasteiger charge is -2.31. The van der Waals surface area contributed by atoms with E-state index in [0.29, 0.717) is 31.9 Å². The maximum atomic E-state index is 13.5. The minimum Gasteiger partial charge on any atom is -0.404 e. The van der Waals surface area contributed by atoms with Crippen molar-refractivity contribution in [3.63, 3.8) is 0 Å². The fourth-order valence-corrected chi connectivity index (χ4v) is 4.08. The summed E-state index contributed by atoms with van der Waals surface area (Å²) in [4.78, 5) is 31.6. The molecule has 1 atom stereocenters. The molecule has 12 heteroatoms. The van der Waals surface area contributed by atoms with Crippen LogP contribution in [0.15, 0.2) is 54.7 Å². The third-order valence-corrected chi connectivity index (χ3v) is 6.11. The van der Waals surface area contributed by atoms with Gasteiger partial charge in [-0.05, 0) is 48.9 Å². The first kappa shape index (κ1) is 28.1. The molecule has 1 fully saturated rings. The molecule has 3 aromatic rings. The van der Waals surface area contributed by atoms with Crippen LogP contribution in [0, 0.1) is 11.6 Å². The van der Waals surface area contributed by atoms with E-state index in [1.54, 1.807) is 6.92 Å². The number of ether oxygens (including phenoxy) is 2. The van der Waals surface area contributed by atoms with Crippen molar-refractivity contribution in [3.8, 4) is 17.0 Å². The highest BCUT2D eigenvalue weighted by Gasteiger charge is 2.33. The zero-order valence-corrected chi connectivity index (χ0v) is 20.7. The molecule has 0 aliphatic carbocycles. The fourth-order valence-electron chi connectivity index (χ4n) is 4.08. The Morgan fingerprint density at radius 3 is 2.36 bits per heavy atom. The van der Waals surface area contributed by atoms with Crippen molar-refractivity contribution in [2.75, 3.05) is 31.6 Å². The van der Waals surface area contributed by atoms with Gasteiger partial charge in [0.15, 0.2) is 11.5 Å². The second-order valence-electron chi connectivity index (χ2n) is 8.88. The molecule has 0 bridgehead atoms. The topological polar surface area (TPSA) is 80.8 Å². The number of benzene rings is 2. The number of alkyl halides is 3. The predicted molar refractivity (Wildman–Crippen MR) is 131 cm³/mol. The van der Waals surface area contributed by atoms with Crippen LogP contribution in [0.2, 0.25) is 0 Å². The molecule has 4 rings (SSSR count). The van der Waals surface area contributed by atoms with Gasteiger partial charge in [-0.2, -0.15) is 0 Å². The van der Waals surface area contributed by atoms with Crippen molar-refractivity contribution < 1.29 is 41.0 Å². The standard InChI is InChI=1S/C27H24F5N3O4/c1-16(35-6-8-38-9-7-35)26(37)34-23-10-17(2-5-25(23)39-27(30,31)32)11-24(36)18-3-4-22(33-15-18)19-12-20(28)14-21(29)13-19/h2-5,10,12-16H,6-9,11H2,1H3,(H,34,37). The van der Waals surface area contributed by atoms with Gasteiger partial charge in [0.05, 0.1) is 30.6 Å². The highest BCUT2D eigenvalue weighted by Crippen LogP contribution is 2.32. The summed E-state index contributed by atoms with van der Waals surface area (Å²) in [6, 6.07) is 8.73. The Bertz CT molecular complexity index is 1320. The summed E-state index contributed by atoms with van der Waals surface area (Å²) in [6.45, 7) is 3.50. The van der Waals surface area contributed by atoms with Crippen molar-refractivity contribution >= 4 is 17.4 Å². The van der Waals surface area contributed by atoms with E-state index >= 15 is 0 Å². The third kappa shape index (κ3) is 7.58. The average molecular weight is 549 g/mol. The first-order valence-corrected chi connectivity index (χ1v) is 12.0. The molecule has 1 N–H and O–H groups in total. The molecule has 0 spiro atoms. The van der Waals surface area contributed by atoms with Crippen LogP contribution in [0.1, 0.15) is 22.8 Å². The lowest BCUT2D eigenvalue weighted by Crippen LogP contribution is -2.47. The maximum absolute atomic E-state index is 13.5. The van der Waals surface area contributed by atoms with Gasteiger partial charge in [0.25, 0.3) is 0 Å². The molecule has 1 unspecified atom stereocenters. The molecule has 1 aliphatic rings. The lowest BCUT2D eigenvalue weighted by molar-refractivity contribution is -0.274. The summed E-state index contributed by atoms with van der Waals surface area (Å²) in [5.41, 5.74) is 0.707. The van der Waals surface area contributed by atoms with E-state index in [-0.39, 0.29) is 28.9 Å². The Labute approximate surface area is 220 Å². The normalized spacial score (nSPS) is 15.0. The number of carbonyl (C=O) groups excluding carboxylic acids is 2. The van der Waals surface area contributed by atoms with Crippen molar-refractivity contribution in [2.24, 2.45) is 0 Å². The minimum absolute atomic E-state index is 0.178. The van der Waals surface area contributed by atoms with E-state index in [1.165, 1.54) is 30.5 Å². The quantitative estimate of drug-likeness (QED) is 0.314. The maximum Gasteiger partial charge on any atom is 0.573 e. The largest absolute Gasteiger partial charge is 0.573 e. The van der Waals surface area contributed by atoms with Crippen LogP contribution < -0.4 is 10.1 Å². The van der Waals surface area contributed by atoms with E-state index in [2.05, 4.69) is 15.0 Å². The summed E-state index contributed by atoms with van der Waals surface area (Å²) < 4.78 is 75.3. The van der Waals surface area contributed by atoms with E-state index in [1.807, 2.05) is 4.90 Å². The Morgan fingerprint density at radius 1 is 1.05 bits per heavy atom. The number of amides is 1. The van der Waals surface area contributed by atoms with Crippen molar-refractivity contribution in [2.45, 2.75) is 25.7 Å². The number of rotatable bonds is 8. The summed E-state index contributed by atoms with van der Waals surface area (Å²) in [7, 11) is 0. The number of ketones is 1. The Kier molecular flexibility index (Phi) is 8.56. The summed E-state index contributed by atoms with van der Waals surface area (Å²) in [6.07, 6.45) is -3.97. The number of aromatic nitrogens is 1. The summed E-state index contributed by atoms with van der Waals surface area (Å²) >= 11 is 0. The molecule has 206 valence electrons. The molecule has 7 nitrogen and oxygen atoms in total. The zero-order valence-electron chi connectivity index (χ0n) is 20.7. The highest BCUT2D eigenvalue weighted by molar-refractivity contribution is 5.98. The number of hydrogen-bond acceptors (Lipinski definition) is 6. The Morgan fingerprint density at radius 2 is 1.74 bits per heavy atom. The number of halogens is 5. The molecule has 1 saturated heterocycles. The second-order valence-corrected chi connectivity index (χ2v) is 8.88. The molecule has 0 saturated carbocycles. The van der Waals surface area contributed by atoms with Crippen molar-refractivity contribution in [1.29, 1.82) is 0 Å². The summed E-state index contributed by atoms with van der Waals surface area (Å²) in [5, 5.41) is 2.49. The van der Waals surface area contributed by atoms with Gasteiger partial charge in [0.1, 0.15) is 11.6 Å². The van der Waals surface area contributed by atoms with Gasteiger partial charge >= 0.3 is 6.36 Å². The molecule has 1 aromatic heterocycles. The number of pyridine rings is 1. The molecule has 0 radical (unpaired) electrons. The SMILES string of the molecule is CC(C(=O)Nc1cc(CC(=O)c2ccc(-c3cc(F)cc(F)c3)nc2)ccc1OC(F)(F)F)N1CCOCC1. The minimum atomic E-state index is -5.00. The van der Waals surface area contributed by atoms with Crippen molar-refractivity contribution in [1.82, 2.24) is 9.88 Å². The number of anilines is 1. The van der Waals surface area contributed by atoms with E-state index in [0.717, 1.165) is 24.3 Å². The number of nitrogens with one attached hydrogen (secondary N) is 1. The monoisotopic (exact) mass is 549 g/mol. The molecule has 39 heavy (non-hydrogen) atoms. The van der Waals surface area contributed by atoms with Crippen LogP contribution in [0.3, 0.4) is 0 Å².